The van der Waals surface area contributed by atoms with Gasteiger partial charge in [-0.15, -0.1) is 5.10 Å². The second-order valence-electron chi connectivity index (χ2n) is 4.56. The molecule has 0 fully saturated rings. The number of nitrogens with one attached hydrogen (secondary N) is 1. The number of rotatable bonds is 5. The minimum atomic E-state index is -0.203. The second kappa shape index (κ2) is 6.47. The summed E-state index contributed by atoms with van der Waals surface area (Å²) in [5.41, 5.74) is 6.66. The van der Waals surface area contributed by atoms with Gasteiger partial charge in [0.15, 0.2) is 5.16 Å². The third kappa shape index (κ3) is 3.26. The van der Waals surface area contributed by atoms with Gasteiger partial charge in [-0.2, -0.15) is 0 Å². The molecule has 2 rings (SSSR count). The fraction of sp³-hybridized carbons (Fsp3) is 0.385. The summed E-state index contributed by atoms with van der Waals surface area (Å²) in [7, 11) is 0. The predicted molar refractivity (Wildman–Crippen MR) is 81.5 cm³/mol. The molecule has 1 aromatic carbocycles. The van der Waals surface area contributed by atoms with Crippen LogP contribution in [-0.2, 0) is 13.0 Å². The summed E-state index contributed by atoms with van der Waals surface area (Å²) in [6.45, 7) is 4.41. The van der Waals surface area contributed by atoms with E-state index in [1.54, 1.807) is 4.57 Å². The molecule has 0 spiro atoms. The van der Waals surface area contributed by atoms with Gasteiger partial charge in [-0.25, -0.2) is 9.89 Å². The van der Waals surface area contributed by atoms with Crippen LogP contribution in [0.4, 0.5) is 0 Å². The first kappa shape index (κ1) is 15.2. The topological polar surface area (TPSA) is 76.7 Å². The Bertz CT molecular complexity index is 650. The van der Waals surface area contributed by atoms with Crippen molar-refractivity contribution in [2.75, 3.05) is 0 Å². The van der Waals surface area contributed by atoms with E-state index in [0.29, 0.717) is 23.1 Å². The van der Waals surface area contributed by atoms with Crippen LogP contribution >= 0.6 is 23.4 Å². The fourth-order valence-electron chi connectivity index (χ4n) is 1.91. The van der Waals surface area contributed by atoms with Crippen molar-refractivity contribution in [2.24, 2.45) is 5.73 Å². The highest BCUT2D eigenvalue weighted by Gasteiger charge is 2.14. The van der Waals surface area contributed by atoms with Crippen LogP contribution in [0, 0.1) is 0 Å². The number of hydrogen-bond donors (Lipinski definition) is 2. The summed E-state index contributed by atoms with van der Waals surface area (Å²) < 4.78 is 1.58. The van der Waals surface area contributed by atoms with Gasteiger partial charge in [-0.3, -0.25) is 4.57 Å². The van der Waals surface area contributed by atoms with Crippen LogP contribution in [0.25, 0.3) is 0 Å². The lowest BCUT2D eigenvalue weighted by Gasteiger charge is -2.12. The molecule has 5 nitrogen and oxygen atoms in total. The lowest BCUT2D eigenvalue weighted by Crippen LogP contribution is -2.18. The zero-order valence-corrected chi connectivity index (χ0v) is 13.0. The van der Waals surface area contributed by atoms with Crippen LogP contribution < -0.4 is 11.4 Å². The molecule has 7 heteroatoms. The van der Waals surface area contributed by atoms with Crippen molar-refractivity contribution in [1.82, 2.24) is 14.8 Å². The molecule has 0 radical (unpaired) electrons. The molecular weight excluding hydrogens is 296 g/mol. The Balaban J connectivity index is 2.38. The lowest BCUT2D eigenvalue weighted by molar-refractivity contribution is 0.660. The van der Waals surface area contributed by atoms with E-state index in [4.69, 9.17) is 17.3 Å². The van der Waals surface area contributed by atoms with Crippen molar-refractivity contribution in [1.29, 1.82) is 0 Å². The van der Waals surface area contributed by atoms with Crippen LogP contribution in [0.1, 0.15) is 19.4 Å². The molecule has 0 bridgehead atoms. The number of aromatic nitrogens is 3. The fourth-order valence-corrected chi connectivity index (χ4v) is 3.29. The van der Waals surface area contributed by atoms with E-state index in [2.05, 4.69) is 10.2 Å². The van der Waals surface area contributed by atoms with E-state index in [-0.39, 0.29) is 11.7 Å². The first-order valence-electron chi connectivity index (χ1n) is 6.39. The highest BCUT2D eigenvalue weighted by atomic mass is 35.5. The van der Waals surface area contributed by atoms with Crippen LogP contribution in [0.5, 0.6) is 0 Å². The Labute approximate surface area is 126 Å². The molecule has 0 aliphatic carbocycles. The maximum atomic E-state index is 11.6. The summed E-state index contributed by atoms with van der Waals surface area (Å²) in [6.07, 6.45) is 0.683. The van der Waals surface area contributed by atoms with E-state index in [1.165, 1.54) is 11.8 Å². The van der Waals surface area contributed by atoms with Crippen LogP contribution in [0.3, 0.4) is 0 Å². The first-order valence-corrected chi connectivity index (χ1v) is 7.58. The van der Waals surface area contributed by atoms with Gasteiger partial charge in [0.25, 0.3) is 0 Å². The van der Waals surface area contributed by atoms with Crippen molar-refractivity contribution in [3.05, 3.63) is 39.3 Å². The monoisotopic (exact) mass is 312 g/mol. The Morgan fingerprint density at radius 3 is 2.95 bits per heavy atom. The zero-order chi connectivity index (χ0) is 14.7. The maximum Gasteiger partial charge on any atom is 0.343 e. The average molecular weight is 313 g/mol. The quantitative estimate of drug-likeness (QED) is 0.888. The third-order valence-electron chi connectivity index (χ3n) is 2.84. The van der Waals surface area contributed by atoms with Gasteiger partial charge in [0.05, 0.1) is 0 Å². The van der Waals surface area contributed by atoms with E-state index < -0.39 is 0 Å². The van der Waals surface area contributed by atoms with E-state index in [9.17, 15) is 4.79 Å². The van der Waals surface area contributed by atoms with Crippen molar-refractivity contribution < 1.29 is 0 Å². The number of nitrogens with two attached hydrogens (primary N) is 1. The molecule has 1 atom stereocenters. The van der Waals surface area contributed by atoms with E-state index in [0.717, 1.165) is 10.5 Å². The SMILES string of the molecule is CCn1c(Sc2cccc(Cl)c2CC(C)N)n[nH]c1=O. The van der Waals surface area contributed by atoms with Gasteiger partial charge >= 0.3 is 5.69 Å². The minimum absolute atomic E-state index is 0.0156. The summed E-state index contributed by atoms with van der Waals surface area (Å²) >= 11 is 7.68. The minimum Gasteiger partial charge on any atom is -0.328 e. The molecule has 20 heavy (non-hydrogen) atoms. The Kier molecular flexibility index (Phi) is 4.91. The molecule has 0 aliphatic rings. The molecule has 0 aliphatic heterocycles. The molecule has 1 unspecified atom stereocenters. The standard InChI is InChI=1S/C13H17ClN4OS/c1-3-18-12(19)16-17-13(18)20-11-6-4-5-10(14)9(11)7-8(2)15/h4-6,8H,3,7,15H2,1-2H3,(H,16,19). The van der Waals surface area contributed by atoms with Crippen LogP contribution in [-0.4, -0.2) is 20.8 Å². The highest BCUT2D eigenvalue weighted by molar-refractivity contribution is 7.99. The molecule has 2 aromatic rings. The van der Waals surface area contributed by atoms with Crippen molar-refractivity contribution in [2.45, 2.75) is 42.9 Å². The highest BCUT2D eigenvalue weighted by Crippen LogP contribution is 2.33. The summed E-state index contributed by atoms with van der Waals surface area (Å²) in [5.74, 6) is 0. The molecule has 3 N–H and O–H groups in total. The average Bonchev–Trinajstić information content (AvgIpc) is 2.73. The molecule has 0 amide bonds. The van der Waals surface area contributed by atoms with Gasteiger partial charge in [0.1, 0.15) is 0 Å². The largest absolute Gasteiger partial charge is 0.343 e. The number of aromatic amines is 1. The molecule has 1 aromatic heterocycles. The van der Waals surface area contributed by atoms with Gasteiger partial charge in [-0.05, 0) is 49.7 Å². The van der Waals surface area contributed by atoms with Gasteiger partial charge in [-0.1, -0.05) is 17.7 Å². The van der Waals surface area contributed by atoms with Crippen molar-refractivity contribution in [3.8, 4) is 0 Å². The maximum absolute atomic E-state index is 11.6. The summed E-state index contributed by atoms with van der Waals surface area (Å²) in [6, 6.07) is 5.71. The predicted octanol–water partition coefficient (Wildman–Crippen LogP) is 2.29. The summed E-state index contributed by atoms with van der Waals surface area (Å²) in [4.78, 5) is 12.6. The number of halogens is 1. The lowest BCUT2D eigenvalue weighted by atomic mass is 10.1. The number of H-pyrrole nitrogens is 1. The Hall–Kier alpha value is -1.24. The van der Waals surface area contributed by atoms with Gasteiger partial charge in [0, 0.05) is 22.5 Å². The molecule has 1 heterocycles. The molecule has 108 valence electrons. The smallest absolute Gasteiger partial charge is 0.328 e. The first-order chi connectivity index (χ1) is 9.52. The summed E-state index contributed by atoms with van der Waals surface area (Å²) in [5, 5.41) is 7.83. The van der Waals surface area contributed by atoms with Crippen LogP contribution in [0.2, 0.25) is 5.02 Å². The Morgan fingerprint density at radius 1 is 1.55 bits per heavy atom. The van der Waals surface area contributed by atoms with Gasteiger partial charge in [0.2, 0.25) is 0 Å². The van der Waals surface area contributed by atoms with Crippen molar-refractivity contribution >= 4 is 23.4 Å². The normalized spacial score (nSPS) is 12.6. The van der Waals surface area contributed by atoms with Crippen LogP contribution in [0.15, 0.2) is 33.0 Å². The van der Waals surface area contributed by atoms with Crippen molar-refractivity contribution in [3.63, 3.8) is 0 Å². The zero-order valence-electron chi connectivity index (χ0n) is 11.4. The van der Waals surface area contributed by atoms with Gasteiger partial charge < -0.3 is 5.73 Å². The molecule has 0 saturated carbocycles. The second-order valence-corrected chi connectivity index (χ2v) is 5.97. The Morgan fingerprint density at radius 2 is 2.30 bits per heavy atom. The molecular formula is C13H17ClN4OS. The van der Waals surface area contributed by atoms with E-state index in [1.807, 2.05) is 32.0 Å². The number of hydrogen-bond acceptors (Lipinski definition) is 4. The number of benzene rings is 1. The molecule has 0 saturated heterocycles. The third-order valence-corrected chi connectivity index (χ3v) is 4.29. The number of nitrogens with zero attached hydrogens (tertiary/aromatic N) is 2. The van der Waals surface area contributed by atoms with E-state index >= 15 is 0 Å².